The number of H-pyrrole nitrogens is 1. The van der Waals surface area contributed by atoms with Crippen LogP contribution >= 0.6 is 0 Å². The Kier molecular flexibility index (Phi) is 4.70. The molecule has 8 heteroatoms. The molecule has 0 atom stereocenters. The molecule has 3 aromatic rings. The number of nitrogens with one attached hydrogen (secondary N) is 1. The molecule has 1 N–H and O–H groups in total. The Morgan fingerprint density at radius 2 is 1.90 bits per heavy atom. The van der Waals surface area contributed by atoms with Crippen molar-refractivity contribution < 1.29 is 9.53 Å². The predicted molar refractivity (Wildman–Crippen MR) is 110 cm³/mol. The van der Waals surface area contributed by atoms with Gasteiger partial charge in [0.15, 0.2) is 5.78 Å². The summed E-state index contributed by atoms with van der Waals surface area (Å²) < 4.78 is 6.64. The summed E-state index contributed by atoms with van der Waals surface area (Å²) in [6, 6.07) is 4.98. The number of benzene rings is 1. The minimum absolute atomic E-state index is 0.0704. The molecule has 0 amide bonds. The van der Waals surface area contributed by atoms with Crippen LogP contribution in [0, 0.1) is 0 Å². The number of ether oxygens (including phenoxy) is 1. The number of aromatic amines is 1. The SMILES string of the molecule is C=C(C(C)=O)N1CCC(n2c(=O)[nH]c3c(ccc4c(OC)ccnc43)c2=O)CC1. The van der Waals surface area contributed by atoms with Crippen LogP contribution in [0.5, 0.6) is 5.75 Å². The van der Waals surface area contributed by atoms with E-state index in [0.29, 0.717) is 53.8 Å². The first-order valence-electron chi connectivity index (χ1n) is 9.47. The van der Waals surface area contributed by atoms with Crippen LogP contribution in [0.1, 0.15) is 25.8 Å². The van der Waals surface area contributed by atoms with Crippen molar-refractivity contribution in [2.75, 3.05) is 20.2 Å². The fourth-order valence-electron chi connectivity index (χ4n) is 4.01. The number of hydrogen-bond acceptors (Lipinski definition) is 6. The van der Waals surface area contributed by atoms with Crippen molar-refractivity contribution in [1.82, 2.24) is 19.4 Å². The third-order valence-corrected chi connectivity index (χ3v) is 5.61. The van der Waals surface area contributed by atoms with Gasteiger partial charge in [0.05, 0.1) is 29.2 Å². The summed E-state index contributed by atoms with van der Waals surface area (Å²) in [6.45, 7) is 6.45. The van der Waals surface area contributed by atoms with Gasteiger partial charge in [-0.25, -0.2) is 4.79 Å². The molecule has 1 fully saturated rings. The van der Waals surface area contributed by atoms with Crippen molar-refractivity contribution in [2.24, 2.45) is 0 Å². The van der Waals surface area contributed by atoms with Gasteiger partial charge in [0.2, 0.25) is 0 Å². The maximum absolute atomic E-state index is 13.2. The number of allylic oxidation sites excluding steroid dienone is 1. The molecular weight excluding hydrogens is 372 g/mol. The third kappa shape index (κ3) is 3.10. The molecule has 0 saturated carbocycles. The average molecular weight is 394 g/mol. The Morgan fingerprint density at radius 3 is 2.55 bits per heavy atom. The number of nitrogens with zero attached hydrogens (tertiary/aromatic N) is 3. The van der Waals surface area contributed by atoms with Gasteiger partial charge in [-0.3, -0.25) is 19.1 Å². The molecule has 0 unspecified atom stereocenters. The van der Waals surface area contributed by atoms with Gasteiger partial charge in [-0.2, -0.15) is 0 Å². The van der Waals surface area contributed by atoms with Crippen molar-refractivity contribution in [3.63, 3.8) is 0 Å². The van der Waals surface area contributed by atoms with Crippen LogP contribution in [0.25, 0.3) is 21.8 Å². The standard InChI is InChI=1S/C21H22N4O4/c1-12(13(2)26)24-10-7-14(8-11-24)25-20(27)16-5-4-15-17(29-3)6-9-22-18(15)19(16)23-21(25)28/h4-6,9,14H,1,7-8,10-11H2,2-3H3,(H,23,28). The van der Waals surface area contributed by atoms with Gasteiger partial charge in [0.25, 0.3) is 5.56 Å². The number of Topliss-reactive ketones (excluding diaryl/α,β-unsaturated/α-hetero) is 1. The van der Waals surface area contributed by atoms with Crippen LogP contribution in [0.4, 0.5) is 0 Å². The number of pyridine rings is 1. The van der Waals surface area contributed by atoms with Gasteiger partial charge in [0, 0.05) is 37.6 Å². The zero-order chi connectivity index (χ0) is 20.7. The Morgan fingerprint density at radius 1 is 1.21 bits per heavy atom. The lowest BCUT2D eigenvalue weighted by atomic mass is 10.0. The Bertz CT molecular complexity index is 1250. The summed E-state index contributed by atoms with van der Waals surface area (Å²) in [7, 11) is 1.56. The molecule has 29 heavy (non-hydrogen) atoms. The van der Waals surface area contributed by atoms with E-state index in [1.807, 2.05) is 4.90 Å². The topological polar surface area (TPSA) is 97.3 Å². The largest absolute Gasteiger partial charge is 0.496 e. The molecule has 150 valence electrons. The molecule has 1 aromatic carbocycles. The minimum atomic E-state index is -0.455. The highest BCUT2D eigenvalue weighted by Crippen LogP contribution is 2.28. The number of rotatable bonds is 4. The smallest absolute Gasteiger partial charge is 0.329 e. The Hall–Kier alpha value is -3.42. The van der Waals surface area contributed by atoms with Crippen molar-refractivity contribution in [2.45, 2.75) is 25.8 Å². The summed E-state index contributed by atoms with van der Waals surface area (Å²) in [5.41, 5.74) is 0.614. The number of fused-ring (bicyclic) bond motifs is 3. The molecule has 0 radical (unpaired) electrons. The number of carbonyl (C=O) groups is 1. The van der Waals surface area contributed by atoms with Crippen LogP contribution in [-0.4, -0.2) is 45.4 Å². The lowest BCUT2D eigenvalue weighted by Gasteiger charge is -2.34. The maximum atomic E-state index is 13.2. The second-order valence-electron chi connectivity index (χ2n) is 7.22. The van der Waals surface area contributed by atoms with Crippen molar-refractivity contribution in [3.8, 4) is 5.75 Å². The zero-order valence-electron chi connectivity index (χ0n) is 16.4. The average Bonchev–Trinajstić information content (AvgIpc) is 2.73. The number of aromatic nitrogens is 3. The first-order chi connectivity index (χ1) is 13.9. The molecule has 1 saturated heterocycles. The van der Waals surface area contributed by atoms with E-state index in [9.17, 15) is 14.4 Å². The number of carbonyl (C=O) groups excluding carboxylic acids is 1. The molecule has 2 aromatic heterocycles. The molecule has 0 spiro atoms. The zero-order valence-corrected chi connectivity index (χ0v) is 16.4. The maximum Gasteiger partial charge on any atom is 0.329 e. The van der Waals surface area contributed by atoms with Crippen LogP contribution in [0.3, 0.4) is 0 Å². The molecule has 4 rings (SSSR count). The van der Waals surface area contributed by atoms with Crippen LogP contribution in [0.2, 0.25) is 0 Å². The molecule has 1 aliphatic rings. The fraction of sp³-hybridized carbons (Fsp3) is 0.333. The lowest BCUT2D eigenvalue weighted by molar-refractivity contribution is -0.115. The van der Waals surface area contributed by atoms with Crippen LogP contribution in [0.15, 0.2) is 46.3 Å². The molecule has 3 heterocycles. The van der Waals surface area contributed by atoms with Gasteiger partial charge in [-0.15, -0.1) is 0 Å². The summed E-state index contributed by atoms with van der Waals surface area (Å²) >= 11 is 0. The molecule has 0 bridgehead atoms. The van der Waals surface area contributed by atoms with E-state index >= 15 is 0 Å². The Labute approximate surface area is 166 Å². The number of likely N-dealkylation sites (tertiary alicyclic amines) is 1. The lowest BCUT2D eigenvalue weighted by Crippen LogP contribution is -2.43. The Balaban J connectivity index is 1.77. The summed E-state index contributed by atoms with van der Waals surface area (Å²) in [6.07, 6.45) is 2.75. The van der Waals surface area contributed by atoms with Gasteiger partial charge in [-0.05, 0) is 31.0 Å². The third-order valence-electron chi connectivity index (χ3n) is 5.61. The monoisotopic (exact) mass is 394 g/mol. The number of piperidine rings is 1. The summed E-state index contributed by atoms with van der Waals surface area (Å²) in [5, 5.41) is 1.14. The summed E-state index contributed by atoms with van der Waals surface area (Å²) in [5.74, 6) is 0.555. The van der Waals surface area contributed by atoms with Gasteiger partial charge in [0.1, 0.15) is 5.75 Å². The second kappa shape index (κ2) is 7.20. The van der Waals surface area contributed by atoms with E-state index < -0.39 is 5.69 Å². The predicted octanol–water partition coefficient (Wildman–Crippen LogP) is 1.99. The number of ketones is 1. The van der Waals surface area contributed by atoms with Gasteiger partial charge >= 0.3 is 5.69 Å². The molecule has 1 aliphatic heterocycles. The summed E-state index contributed by atoms with van der Waals surface area (Å²) in [4.78, 5) is 46.6. The normalized spacial score (nSPS) is 15.0. The van der Waals surface area contributed by atoms with E-state index in [1.54, 1.807) is 31.5 Å². The number of hydrogen-bond donors (Lipinski definition) is 1. The van der Waals surface area contributed by atoms with Crippen LogP contribution in [-0.2, 0) is 4.79 Å². The van der Waals surface area contributed by atoms with Gasteiger partial charge < -0.3 is 14.6 Å². The molecule has 0 aliphatic carbocycles. The van der Waals surface area contributed by atoms with Gasteiger partial charge in [-0.1, -0.05) is 6.58 Å². The van der Waals surface area contributed by atoms with Crippen LogP contribution < -0.4 is 16.0 Å². The quantitative estimate of drug-likeness (QED) is 0.537. The van der Waals surface area contributed by atoms with E-state index in [0.717, 1.165) is 5.39 Å². The molecular formula is C21H22N4O4. The highest BCUT2D eigenvalue weighted by atomic mass is 16.5. The van der Waals surface area contributed by atoms with E-state index in [-0.39, 0.29) is 17.4 Å². The van der Waals surface area contributed by atoms with E-state index in [4.69, 9.17) is 4.74 Å². The van der Waals surface area contributed by atoms with E-state index in [2.05, 4.69) is 16.5 Å². The van der Waals surface area contributed by atoms with Crippen molar-refractivity contribution in [1.29, 1.82) is 0 Å². The second-order valence-corrected chi connectivity index (χ2v) is 7.22. The first kappa shape index (κ1) is 18.9. The van der Waals surface area contributed by atoms with Crippen molar-refractivity contribution in [3.05, 3.63) is 57.5 Å². The molecule has 8 nitrogen and oxygen atoms in total. The first-order valence-corrected chi connectivity index (χ1v) is 9.47. The minimum Gasteiger partial charge on any atom is -0.496 e. The highest BCUT2D eigenvalue weighted by molar-refractivity contribution is 6.04. The van der Waals surface area contributed by atoms with Crippen molar-refractivity contribution >= 4 is 27.6 Å². The fourth-order valence-corrected chi connectivity index (χ4v) is 4.01. The highest BCUT2D eigenvalue weighted by Gasteiger charge is 2.25. The van der Waals surface area contributed by atoms with E-state index in [1.165, 1.54) is 11.5 Å². The number of methoxy groups -OCH3 is 1.